The molecule has 1 aromatic carbocycles. The summed E-state index contributed by atoms with van der Waals surface area (Å²) in [7, 11) is 1.70. The minimum absolute atomic E-state index is 0.115. The number of rotatable bonds is 4. The van der Waals surface area contributed by atoms with Gasteiger partial charge in [-0.15, -0.1) is 0 Å². The average molecular weight is 233 g/mol. The molecule has 0 aliphatic heterocycles. The van der Waals surface area contributed by atoms with Crippen LogP contribution in [-0.2, 0) is 4.79 Å². The van der Waals surface area contributed by atoms with Crippen LogP contribution in [0.4, 0.5) is 0 Å². The molecule has 0 heterocycles. The molecule has 17 heavy (non-hydrogen) atoms. The molecule has 0 fully saturated rings. The van der Waals surface area contributed by atoms with Crippen LogP contribution in [-0.4, -0.2) is 13.0 Å². The van der Waals surface area contributed by atoms with E-state index in [1.54, 1.807) is 7.05 Å². The molecular weight excluding hydrogens is 210 g/mol. The van der Waals surface area contributed by atoms with E-state index in [4.69, 9.17) is 0 Å². The number of amides is 1. The van der Waals surface area contributed by atoms with Gasteiger partial charge in [-0.05, 0) is 36.8 Å². The van der Waals surface area contributed by atoms with Gasteiger partial charge in [0, 0.05) is 13.5 Å². The van der Waals surface area contributed by atoms with Gasteiger partial charge in [-0.1, -0.05) is 37.6 Å². The van der Waals surface area contributed by atoms with E-state index in [-0.39, 0.29) is 5.91 Å². The Bertz CT molecular complexity index is 396. The average Bonchev–Trinajstić information content (AvgIpc) is 2.28. The first-order valence-corrected chi connectivity index (χ1v) is 6.23. The van der Waals surface area contributed by atoms with Gasteiger partial charge in [0.25, 0.3) is 0 Å². The Labute approximate surface area is 104 Å². The Balaban J connectivity index is 3.05. The molecule has 2 heteroatoms. The molecule has 1 amide bonds. The molecule has 0 aromatic heterocycles. The van der Waals surface area contributed by atoms with Crippen LogP contribution in [0.15, 0.2) is 18.2 Å². The second-order valence-electron chi connectivity index (χ2n) is 5.09. The lowest BCUT2D eigenvalue weighted by atomic mass is 9.82. The summed E-state index contributed by atoms with van der Waals surface area (Å²) in [6.45, 7) is 8.57. The third kappa shape index (κ3) is 3.58. The highest BCUT2D eigenvalue weighted by Gasteiger charge is 2.20. The van der Waals surface area contributed by atoms with Crippen LogP contribution in [0.5, 0.6) is 0 Å². The molecule has 1 rings (SSSR count). The van der Waals surface area contributed by atoms with Gasteiger partial charge in [0.15, 0.2) is 0 Å². The fraction of sp³-hybridized carbons (Fsp3) is 0.533. The SMILES string of the molecule is CNC(=O)CC(c1cc(C)ccc1C)C(C)C. The van der Waals surface area contributed by atoms with Crippen LogP contribution < -0.4 is 5.32 Å². The number of aryl methyl sites for hydroxylation is 2. The maximum atomic E-state index is 11.6. The highest BCUT2D eigenvalue weighted by molar-refractivity contribution is 5.76. The van der Waals surface area contributed by atoms with Crippen molar-refractivity contribution in [2.75, 3.05) is 7.05 Å². The number of carbonyl (C=O) groups excluding carboxylic acids is 1. The highest BCUT2D eigenvalue weighted by atomic mass is 16.1. The van der Waals surface area contributed by atoms with Gasteiger partial charge in [0.05, 0.1) is 0 Å². The van der Waals surface area contributed by atoms with Crippen LogP contribution in [0.1, 0.15) is 42.9 Å². The number of carbonyl (C=O) groups is 1. The van der Waals surface area contributed by atoms with E-state index in [9.17, 15) is 4.79 Å². The second kappa shape index (κ2) is 5.85. The molecule has 1 N–H and O–H groups in total. The van der Waals surface area contributed by atoms with Crippen LogP contribution in [0, 0.1) is 19.8 Å². The zero-order valence-electron chi connectivity index (χ0n) is 11.5. The van der Waals surface area contributed by atoms with Gasteiger partial charge in [-0.25, -0.2) is 0 Å². The van der Waals surface area contributed by atoms with Crippen molar-refractivity contribution in [2.24, 2.45) is 5.92 Å². The first kappa shape index (κ1) is 13.8. The van der Waals surface area contributed by atoms with Crippen molar-refractivity contribution in [3.63, 3.8) is 0 Å². The Morgan fingerprint density at radius 1 is 1.29 bits per heavy atom. The predicted octanol–water partition coefficient (Wildman–Crippen LogP) is 3.18. The molecule has 0 aliphatic rings. The molecule has 94 valence electrons. The quantitative estimate of drug-likeness (QED) is 0.850. The molecule has 2 nitrogen and oxygen atoms in total. The third-order valence-corrected chi connectivity index (χ3v) is 3.32. The molecule has 0 spiro atoms. The van der Waals surface area contributed by atoms with Gasteiger partial charge in [0.2, 0.25) is 5.91 Å². The number of nitrogens with one attached hydrogen (secondary N) is 1. The zero-order valence-corrected chi connectivity index (χ0v) is 11.5. The van der Waals surface area contributed by atoms with Crippen LogP contribution in [0.2, 0.25) is 0 Å². The van der Waals surface area contributed by atoms with Crippen LogP contribution in [0.3, 0.4) is 0 Å². The fourth-order valence-electron chi connectivity index (χ4n) is 2.17. The van der Waals surface area contributed by atoms with E-state index < -0.39 is 0 Å². The van der Waals surface area contributed by atoms with E-state index >= 15 is 0 Å². The monoisotopic (exact) mass is 233 g/mol. The summed E-state index contributed by atoms with van der Waals surface area (Å²) in [5, 5.41) is 2.72. The molecule has 1 unspecified atom stereocenters. The van der Waals surface area contributed by atoms with Gasteiger partial charge >= 0.3 is 0 Å². The van der Waals surface area contributed by atoms with Crippen molar-refractivity contribution >= 4 is 5.91 Å². The summed E-state index contributed by atoms with van der Waals surface area (Å²) >= 11 is 0. The van der Waals surface area contributed by atoms with Crippen molar-refractivity contribution < 1.29 is 4.79 Å². The summed E-state index contributed by atoms with van der Waals surface area (Å²) in [6.07, 6.45) is 0.568. The van der Waals surface area contributed by atoms with Gasteiger partial charge < -0.3 is 5.32 Å². The molecular formula is C15H23NO. The number of hydrogen-bond acceptors (Lipinski definition) is 1. The topological polar surface area (TPSA) is 29.1 Å². The predicted molar refractivity (Wildman–Crippen MR) is 72.2 cm³/mol. The maximum Gasteiger partial charge on any atom is 0.220 e. The molecule has 0 saturated heterocycles. The normalized spacial score (nSPS) is 12.6. The summed E-state index contributed by atoms with van der Waals surface area (Å²) in [5.41, 5.74) is 3.84. The van der Waals surface area contributed by atoms with Crippen molar-refractivity contribution in [1.29, 1.82) is 0 Å². The van der Waals surface area contributed by atoms with Gasteiger partial charge in [-0.2, -0.15) is 0 Å². The lowest BCUT2D eigenvalue weighted by Gasteiger charge is -2.23. The maximum absolute atomic E-state index is 11.6. The van der Waals surface area contributed by atoms with E-state index in [0.717, 1.165) is 0 Å². The van der Waals surface area contributed by atoms with Gasteiger partial charge in [-0.3, -0.25) is 4.79 Å². The van der Waals surface area contributed by atoms with Crippen molar-refractivity contribution in [1.82, 2.24) is 5.32 Å². The van der Waals surface area contributed by atoms with Crippen LogP contribution in [0.25, 0.3) is 0 Å². The van der Waals surface area contributed by atoms with E-state index in [0.29, 0.717) is 18.3 Å². The summed E-state index contributed by atoms with van der Waals surface area (Å²) in [4.78, 5) is 11.6. The summed E-state index contributed by atoms with van der Waals surface area (Å²) in [5.74, 6) is 0.882. The van der Waals surface area contributed by atoms with Crippen LogP contribution >= 0.6 is 0 Å². The Hall–Kier alpha value is -1.31. The van der Waals surface area contributed by atoms with Crippen molar-refractivity contribution in [2.45, 2.75) is 40.0 Å². The van der Waals surface area contributed by atoms with Crippen molar-refractivity contribution in [3.05, 3.63) is 34.9 Å². The molecule has 0 radical (unpaired) electrons. The lowest BCUT2D eigenvalue weighted by Crippen LogP contribution is -2.23. The molecule has 1 aromatic rings. The zero-order chi connectivity index (χ0) is 13.0. The van der Waals surface area contributed by atoms with Crippen molar-refractivity contribution in [3.8, 4) is 0 Å². The summed E-state index contributed by atoms with van der Waals surface area (Å²) in [6, 6.07) is 6.48. The minimum Gasteiger partial charge on any atom is -0.359 e. The summed E-state index contributed by atoms with van der Waals surface area (Å²) < 4.78 is 0. The Kier molecular flexibility index (Phi) is 4.73. The Morgan fingerprint density at radius 2 is 1.94 bits per heavy atom. The molecule has 0 aliphatic carbocycles. The lowest BCUT2D eigenvalue weighted by molar-refractivity contribution is -0.121. The Morgan fingerprint density at radius 3 is 2.47 bits per heavy atom. The van der Waals surface area contributed by atoms with E-state index in [1.165, 1.54) is 16.7 Å². The van der Waals surface area contributed by atoms with Gasteiger partial charge in [0.1, 0.15) is 0 Å². The van der Waals surface area contributed by atoms with E-state index in [1.807, 2.05) is 0 Å². The van der Waals surface area contributed by atoms with E-state index in [2.05, 4.69) is 51.2 Å². The fourth-order valence-corrected chi connectivity index (χ4v) is 2.17. The number of benzene rings is 1. The largest absolute Gasteiger partial charge is 0.359 e. The smallest absolute Gasteiger partial charge is 0.220 e. The minimum atomic E-state index is 0.115. The standard InChI is InChI=1S/C15H23NO/c1-10(2)13(9-15(17)16-5)14-8-11(3)6-7-12(14)4/h6-8,10,13H,9H2,1-5H3,(H,16,17). The first-order chi connectivity index (χ1) is 7.95. The molecule has 0 saturated carbocycles. The molecule has 1 atom stereocenters. The molecule has 0 bridgehead atoms. The third-order valence-electron chi connectivity index (χ3n) is 3.32. The first-order valence-electron chi connectivity index (χ1n) is 6.23. The second-order valence-corrected chi connectivity index (χ2v) is 5.09. The number of hydrogen-bond donors (Lipinski definition) is 1. The highest BCUT2D eigenvalue weighted by Crippen LogP contribution is 2.30.